The highest BCUT2D eigenvalue weighted by atomic mass is 127. The normalized spacial score (nSPS) is 11.8. The lowest BCUT2D eigenvalue weighted by Gasteiger charge is -2.21. The minimum absolute atomic E-state index is 0. The van der Waals surface area contributed by atoms with Crippen molar-refractivity contribution in [3.05, 3.63) is 63.7 Å². The highest BCUT2D eigenvalue weighted by Gasteiger charge is 2.14. The number of hydrogen-bond donors (Lipinski definition) is 2. The summed E-state index contributed by atoms with van der Waals surface area (Å²) < 4.78 is 10.7. The quantitative estimate of drug-likeness (QED) is 0.198. The van der Waals surface area contributed by atoms with Gasteiger partial charge >= 0.3 is 0 Å². The molecular formula is C19H25IN4O4. The van der Waals surface area contributed by atoms with Gasteiger partial charge < -0.3 is 20.1 Å². The lowest BCUT2D eigenvalue weighted by molar-refractivity contribution is -0.384. The maximum absolute atomic E-state index is 10.7. The molecule has 152 valence electrons. The van der Waals surface area contributed by atoms with Gasteiger partial charge in [-0.05, 0) is 30.7 Å². The zero-order valence-corrected chi connectivity index (χ0v) is 18.6. The molecule has 0 saturated carbocycles. The Hall–Kier alpha value is -2.56. The number of methoxy groups -OCH3 is 2. The van der Waals surface area contributed by atoms with Gasteiger partial charge in [0.1, 0.15) is 11.5 Å². The number of aliphatic imine (C=N–C) groups is 1. The third kappa shape index (κ3) is 6.25. The fraction of sp³-hybridized carbons (Fsp3) is 0.316. The standard InChI is InChI=1S/C19H24N4O4.HI/c1-13(17-11-16(26-3)9-10-18(17)27-4)22-19(20-2)21-12-14-5-7-15(8-6-14)23(24)25;/h5-11,13H,12H2,1-4H3,(H2,20,21,22);1H. The van der Waals surface area contributed by atoms with Gasteiger partial charge in [-0.3, -0.25) is 15.1 Å². The summed E-state index contributed by atoms with van der Waals surface area (Å²) >= 11 is 0. The van der Waals surface area contributed by atoms with Gasteiger partial charge in [-0.15, -0.1) is 24.0 Å². The van der Waals surface area contributed by atoms with E-state index in [1.165, 1.54) is 12.1 Å². The summed E-state index contributed by atoms with van der Waals surface area (Å²) in [5.41, 5.74) is 1.92. The predicted molar refractivity (Wildman–Crippen MR) is 120 cm³/mol. The van der Waals surface area contributed by atoms with Crippen LogP contribution in [0, 0.1) is 10.1 Å². The van der Waals surface area contributed by atoms with E-state index in [0.29, 0.717) is 12.5 Å². The number of nitro groups is 1. The van der Waals surface area contributed by atoms with E-state index in [9.17, 15) is 10.1 Å². The van der Waals surface area contributed by atoms with Crippen LogP contribution in [-0.2, 0) is 6.54 Å². The van der Waals surface area contributed by atoms with Crippen LogP contribution in [0.25, 0.3) is 0 Å². The zero-order valence-electron chi connectivity index (χ0n) is 16.3. The Morgan fingerprint density at radius 2 is 1.86 bits per heavy atom. The number of non-ortho nitro benzene ring substituents is 1. The van der Waals surface area contributed by atoms with Crippen LogP contribution in [0.3, 0.4) is 0 Å². The molecule has 8 nitrogen and oxygen atoms in total. The maximum atomic E-state index is 10.7. The lowest BCUT2D eigenvalue weighted by Crippen LogP contribution is -2.38. The summed E-state index contributed by atoms with van der Waals surface area (Å²) in [6.45, 7) is 2.48. The smallest absolute Gasteiger partial charge is 0.269 e. The van der Waals surface area contributed by atoms with Crippen molar-refractivity contribution < 1.29 is 14.4 Å². The molecule has 0 spiro atoms. The Kier molecular flexibility index (Phi) is 9.49. The van der Waals surface area contributed by atoms with Gasteiger partial charge in [-0.1, -0.05) is 12.1 Å². The van der Waals surface area contributed by atoms with Gasteiger partial charge in [-0.25, -0.2) is 0 Å². The highest BCUT2D eigenvalue weighted by Crippen LogP contribution is 2.29. The lowest BCUT2D eigenvalue weighted by atomic mass is 10.1. The van der Waals surface area contributed by atoms with Crippen LogP contribution < -0.4 is 20.1 Å². The van der Waals surface area contributed by atoms with Gasteiger partial charge in [0, 0.05) is 31.3 Å². The van der Waals surface area contributed by atoms with Gasteiger partial charge in [0.05, 0.1) is 25.2 Å². The molecule has 0 bridgehead atoms. The molecule has 0 saturated heterocycles. The minimum atomic E-state index is -0.416. The van der Waals surface area contributed by atoms with Crippen molar-refractivity contribution in [3.63, 3.8) is 0 Å². The number of benzene rings is 2. The van der Waals surface area contributed by atoms with Crippen LogP contribution in [0.4, 0.5) is 5.69 Å². The monoisotopic (exact) mass is 500 g/mol. The van der Waals surface area contributed by atoms with E-state index in [2.05, 4.69) is 15.6 Å². The maximum Gasteiger partial charge on any atom is 0.269 e. The van der Waals surface area contributed by atoms with Crippen molar-refractivity contribution in [2.45, 2.75) is 19.5 Å². The molecule has 0 radical (unpaired) electrons. The summed E-state index contributed by atoms with van der Waals surface area (Å²) in [4.78, 5) is 14.5. The molecule has 0 aliphatic carbocycles. The summed E-state index contributed by atoms with van der Waals surface area (Å²) in [6, 6.07) is 11.9. The third-order valence-corrected chi connectivity index (χ3v) is 4.09. The first kappa shape index (κ1) is 23.5. The van der Waals surface area contributed by atoms with Crippen molar-refractivity contribution in [3.8, 4) is 11.5 Å². The van der Waals surface area contributed by atoms with Crippen LogP contribution in [0.5, 0.6) is 11.5 Å². The topological polar surface area (TPSA) is 98.0 Å². The van der Waals surface area contributed by atoms with Crippen molar-refractivity contribution in [2.75, 3.05) is 21.3 Å². The van der Waals surface area contributed by atoms with Crippen molar-refractivity contribution >= 4 is 35.6 Å². The first-order valence-electron chi connectivity index (χ1n) is 8.41. The molecular weight excluding hydrogens is 475 g/mol. The molecule has 2 aromatic carbocycles. The number of halogens is 1. The van der Waals surface area contributed by atoms with Crippen LogP contribution in [0.1, 0.15) is 24.1 Å². The van der Waals surface area contributed by atoms with Crippen LogP contribution in [0.2, 0.25) is 0 Å². The van der Waals surface area contributed by atoms with E-state index >= 15 is 0 Å². The number of nitrogens with one attached hydrogen (secondary N) is 2. The SMILES string of the molecule is CN=C(NCc1ccc([N+](=O)[O-])cc1)NC(C)c1cc(OC)ccc1OC.I. The summed E-state index contributed by atoms with van der Waals surface area (Å²) in [6.07, 6.45) is 0. The fourth-order valence-electron chi connectivity index (χ4n) is 2.58. The second-order valence-electron chi connectivity index (χ2n) is 5.82. The molecule has 0 fully saturated rings. The minimum Gasteiger partial charge on any atom is -0.497 e. The number of nitro benzene ring substituents is 1. The molecule has 0 aromatic heterocycles. The average molecular weight is 500 g/mol. The van der Waals surface area contributed by atoms with Crippen LogP contribution in [0.15, 0.2) is 47.5 Å². The van der Waals surface area contributed by atoms with Crippen molar-refractivity contribution in [1.82, 2.24) is 10.6 Å². The molecule has 0 amide bonds. The number of guanidine groups is 1. The Balaban J connectivity index is 0.00000392. The summed E-state index contributed by atoms with van der Waals surface area (Å²) in [7, 11) is 4.93. The largest absolute Gasteiger partial charge is 0.497 e. The molecule has 0 heterocycles. The fourth-order valence-corrected chi connectivity index (χ4v) is 2.58. The number of hydrogen-bond acceptors (Lipinski definition) is 5. The second kappa shape index (κ2) is 11.3. The van der Waals surface area contributed by atoms with Gasteiger partial charge in [0.15, 0.2) is 5.96 Å². The molecule has 9 heteroatoms. The number of rotatable bonds is 7. The molecule has 1 atom stereocenters. The van der Waals surface area contributed by atoms with E-state index in [1.54, 1.807) is 33.4 Å². The van der Waals surface area contributed by atoms with Crippen LogP contribution >= 0.6 is 24.0 Å². The second-order valence-corrected chi connectivity index (χ2v) is 5.82. The van der Waals surface area contributed by atoms with E-state index < -0.39 is 4.92 Å². The number of nitrogens with zero attached hydrogens (tertiary/aromatic N) is 2. The Bertz CT molecular complexity index is 812. The Labute approximate surface area is 181 Å². The molecule has 2 aromatic rings. The third-order valence-electron chi connectivity index (χ3n) is 4.09. The van der Waals surface area contributed by atoms with E-state index in [-0.39, 0.29) is 35.7 Å². The Morgan fingerprint density at radius 3 is 2.39 bits per heavy atom. The molecule has 1 unspecified atom stereocenters. The zero-order chi connectivity index (χ0) is 19.8. The van der Waals surface area contributed by atoms with Crippen molar-refractivity contribution in [1.29, 1.82) is 0 Å². The van der Waals surface area contributed by atoms with E-state index in [1.807, 2.05) is 25.1 Å². The van der Waals surface area contributed by atoms with E-state index in [4.69, 9.17) is 9.47 Å². The summed E-state index contributed by atoms with van der Waals surface area (Å²) in [5.74, 6) is 2.10. The van der Waals surface area contributed by atoms with Gasteiger partial charge in [0.25, 0.3) is 5.69 Å². The molecule has 2 rings (SSSR count). The molecule has 0 aliphatic heterocycles. The number of ether oxygens (including phenoxy) is 2. The molecule has 2 N–H and O–H groups in total. The van der Waals surface area contributed by atoms with Gasteiger partial charge in [0.2, 0.25) is 0 Å². The Morgan fingerprint density at radius 1 is 1.18 bits per heavy atom. The predicted octanol–water partition coefficient (Wildman–Crippen LogP) is 3.66. The highest BCUT2D eigenvalue weighted by molar-refractivity contribution is 14.0. The average Bonchev–Trinajstić information content (AvgIpc) is 2.70. The van der Waals surface area contributed by atoms with Crippen molar-refractivity contribution in [2.24, 2.45) is 4.99 Å². The molecule has 0 aliphatic rings. The van der Waals surface area contributed by atoms with Crippen LogP contribution in [-0.4, -0.2) is 32.2 Å². The first-order valence-corrected chi connectivity index (χ1v) is 8.41. The van der Waals surface area contributed by atoms with E-state index in [0.717, 1.165) is 22.6 Å². The molecule has 28 heavy (non-hydrogen) atoms. The van der Waals surface area contributed by atoms with Gasteiger partial charge in [-0.2, -0.15) is 0 Å². The first-order chi connectivity index (χ1) is 13.0. The summed E-state index contributed by atoms with van der Waals surface area (Å²) in [5, 5.41) is 17.2.